The summed E-state index contributed by atoms with van der Waals surface area (Å²) in [5, 5.41) is 2.39. The number of ether oxygens (including phenoxy) is 1. The summed E-state index contributed by atoms with van der Waals surface area (Å²) in [4.78, 5) is 12.8. The van der Waals surface area contributed by atoms with E-state index in [0.29, 0.717) is 10.1 Å². The van der Waals surface area contributed by atoms with Gasteiger partial charge in [-0.05, 0) is 31.0 Å². The number of hydrogen-bond donors (Lipinski definition) is 1. The van der Waals surface area contributed by atoms with E-state index in [1.54, 1.807) is 17.5 Å². The smallest absolute Gasteiger partial charge is 0.330 e. The van der Waals surface area contributed by atoms with Gasteiger partial charge >= 0.3 is 5.97 Å². The van der Waals surface area contributed by atoms with E-state index in [0.717, 1.165) is 11.1 Å². The van der Waals surface area contributed by atoms with Crippen LogP contribution in [0.25, 0.3) is 0 Å². The van der Waals surface area contributed by atoms with Crippen molar-refractivity contribution in [3.63, 3.8) is 0 Å². The number of esters is 1. The summed E-state index contributed by atoms with van der Waals surface area (Å²) >= 11 is 7.03. The Morgan fingerprint density at radius 3 is 2.43 bits per heavy atom. The van der Waals surface area contributed by atoms with Gasteiger partial charge in [0.05, 0.1) is 9.92 Å². The van der Waals surface area contributed by atoms with E-state index in [-0.39, 0.29) is 11.3 Å². The van der Waals surface area contributed by atoms with E-state index < -0.39 is 22.0 Å². The van der Waals surface area contributed by atoms with Crippen molar-refractivity contribution in [2.75, 3.05) is 0 Å². The zero-order valence-electron chi connectivity index (χ0n) is 15.0. The zero-order valence-corrected chi connectivity index (χ0v) is 17.4. The number of carbonyl (C=O) groups excluding carboxylic acids is 1. The van der Waals surface area contributed by atoms with Crippen LogP contribution in [0, 0.1) is 6.92 Å². The minimum absolute atomic E-state index is 0.0862. The van der Waals surface area contributed by atoms with Gasteiger partial charge in [0, 0.05) is 11.4 Å². The van der Waals surface area contributed by atoms with Crippen molar-refractivity contribution in [2.45, 2.75) is 24.3 Å². The lowest BCUT2D eigenvalue weighted by atomic mass is 10.1. The fourth-order valence-corrected chi connectivity index (χ4v) is 4.62. The molecule has 0 radical (unpaired) electrons. The summed E-state index contributed by atoms with van der Waals surface area (Å²) in [5.41, 5.74) is 1.74. The van der Waals surface area contributed by atoms with Gasteiger partial charge in [-0.1, -0.05) is 59.6 Å². The van der Waals surface area contributed by atoms with Crippen LogP contribution in [0.1, 0.15) is 11.1 Å². The molecule has 0 unspecified atom stereocenters. The lowest BCUT2D eigenvalue weighted by Crippen LogP contribution is -2.44. The van der Waals surface area contributed by atoms with Gasteiger partial charge in [0.2, 0.25) is 10.0 Å². The summed E-state index contributed by atoms with van der Waals surface area (Å²) in [6, 6.07) is 16.0. The first kappa shape index (κ1) is 20.5. The van der Waals surface area contributed by atoms with E-state index in [9.17, 15) is 13.2 Å². The largest absolute Gasteiger partial charge is 0.414 e. The van der Waals surface area contributed by atoms with Crippen molar-refractivity contribution in [1.82, 2.24) is 4.72 Å². The Kier molecular flexibility index (Phi) is 6.51. The molecule has 1 N–H and O–H groups in total. The van der Waals surface area contributed by atoms with Crippen molar-refractivity contribution < 1.29 is 17.9 Å². The van der Waals surface area contributed by atoms with Crippen LogP contribution in [0.3, 0.4) is 0 Å². The molecule has 2 aromatic carbocycles. The molecule has 5 nitrogen and oxygen atoms in total. The number of hydrogen-bond acceptors (Lipinski definition) is 5. The third-order valence-corrected chi connectivity index (χ3v) is 6.58. The van der Waals surface area contributed by atoms with E-state index >= 15 is 0 Å². The van der Waals surface area contributed by atoms with Gasteiger partial charge in [-0.15, -0.1) is 11.3 Å². The van der Waals surface area contributed by atoms with Gasteiger partial charge in [0.15, 0.2) is 5.06 Å². The van der Waals surface area contributed by atoms with Gasteiger partial charge in [-0.3, -0.25) is 0 Å². The molecular weight excluding hydrogens is 418 g/mol. The Morgan fingerprint density at radius 2 is 1.82 bits per heavy atom. The van der Waals surface area contributed by atoms with Gasteiger partial charge < -0.3 is 4.74 Å². The predicted octanol–water partition coefficient (Wildman–Crippen LogP) is 4.21. The van der Waals surface area contributed by atoms with Crippen molar-refractivity contribution in [3.8, 4) is 5.06 Å². The second-order valence-corrected chi connectivity index (χ2v) is 9.21. The molecule has 8 heteroatoms. The average Bonchev–Trinajstić information content (AvgIpc) is 3.07. The lowest BCUT2D eigenvalue weighted by molar-refractivity contribution is -0.136. The quantitative estimate of drug-likeness (QED) is 0.564. The fraction of sp³-hybridized carbons (Fsp3) is 0.150. The zero-order chi connectivity index (χ0) is 20.1. The van der Waals surface area contributed by atoms with Crippen LogP contribution in [0.5, 0.6) is 5.06 Å². The Balaban J connectivity index is 1.84. The number of nitrogens with one attached hydrogen (secondary N) is 1. The molecule has 3 rings (SSSR count). The first-order chi connectivity index (χ1) is 13.3. The minimum Gasteiger partial charge on any atom is -0.414 e. The SMILES string of the molecule is Cc1ccc(S(=O)(=O)N[C@H](Cc2ccccc2)C(=O)Oc2cc(Cl)cs2)cc1. The van der Waals surface area contributed by atoms with Gasteiger partial charge in [0.1, 0.15) is 6.04 Å². The fourth-order valence-electron chi connectivity index (χ4n) is 2.51. The summed E-state index contributed by atoms with van der Waals surface area (Å²) in [6.45, 7) is 1.87. The van der Waals surface area contributed by atoms with E-state index in [1.807, 2.05) is 37.3 Å². The molecule has 0 aliphatic heterocycles. The molecule has 146 valence electrons. The van der Waals surface area contributed by atoms with Crippen molar-refractivity contribution in [2.24, 2.45) is 0 Å². The summed E-state index contributed by atoms with van der Waals surface area (Å²) in [5.74, 6) is -0.696. The Bertz CT molecular complexity index is 1050. The molecule has 1 heterocycles. The maximum absolute atomic E-state index is 12.8. The van der Waals surface area contributed by atoms with Gasteiger partial charge in [-0.25, -0.2) is 13.2 Å². The molecule has 0 fully saturated rings. The van der Waals surface area contributed by atoms with E-state index in [1.165, 1.54) is 29.5 Å². The normalized spacial score (nSPS) is 12.5. The molecule has 0 spiro atoms. The highest BCUT2D eigenvalue weighted by Crippen LogP contribution is 2.27. The van der Waals surface area contributed by atoms with Crippen LogP contribution in [0.15, 0.2) is 70.9 Å². The molecule has 0 bridgehead atoms. The number of benzene rings is 2. The first-order valence-electron chi connectivity index (χ1n) is 8.42. The van der Waals surface area contributed by atoms with E-state index in [2.05, 4.69) is 4.72 Å². The molecule has 28 heavy (non-hydrogen) atoms. The van der Waals surface area contributed by atoms with Crippen molar-refractivity contribution in [3.05, 3.63) is 82.2 Å². The van der Waals surface area contributed by atoms with Crippen molar-refractivity contribution in [1.29, 1.82) is 0 Å². The van der Waals surface area contributed by atoms with Gasteiger partial charge in [0.25, 0.3) is 0 Å². The molecular formula is C20H18ClNO4S2. The highest BCUT2D eigenvalue weighted by atomic mass is 35.5. The predicted molar refractivity (Wildman–Crippen MR) is 110 cm³/mol. The second kappa shape index (κ2) is 8.87. The molecule has 0 aliphatic carbocycles. The van der Waals surface area contributed by atoms with Crippen LogP contribution in [-0.2, 0) is 21.2 Å². The molecule has 3 aromatic rings. The summed E-state index contributed by atoms with van der Waals surface area (Å²) in [6.07, 6.45) is 0.157. The number of sulfonamides is 1. The average molecular weight is 436 g/mol. The maximum atomic E-state index is 12.8. The number of aryl methyl sites for hydroxylation is 1. The van der Waals surface area contributed by atoms with Crippen molar-refractivity contribution >= 4 is 38.9 Å². The van der Waals surface area contributed by atoms with Crippen LogP contribution in [0.4, 0.5) is 0 Å². The van der Waals surface area contributed by atoms with Gasteiger partial charge in [-0.2, -0.15) is 4.72 Å². The molecule has 0 aliphatic rings. The molecule has 1 aromatic heterocycles. The molecule has 0 saturated heterocycles. The van der Waals surface area contributed by atoms with E-state index in [4.69, 9.17) is 16.3 Å². The highest BCUT2D eigenvalue weighted by Gasteiger charge is 2.28. The first-order valence-corrected chi connectivity index (χ1v) is 11.2. The lowest BCUT2D eigenvalue weighted by Gasteiger charge is -2.17. The van der Waals surface area contributed by atoms with Crippen LogP contribution in [0.2, 0.25) is 5.02 Å². The second-order valence-electron chi connectivity index (χ2n) is 6.18. The Labute approximate surface area is 173 Å². The summed E-state index contributed by atoms with van der Waals surface area (Å²) < 4.78 is 33.3. The molecule has 1 atom stereocenters. The number of rotatable bonds is 7. The number of thiophene rings is 1. The number of carbonyl (C=O) groups is 1. The molecule has 0 saturated carbocycles. The standard InChI is InChI=1S/C20H18ClNO4S2/c1-14-7-9-17(10-8-14)28(24,25)22-18(11-15-5-3-2-4-6-15)20(23)26-19-12-16(21)13-27-19/h2-10,12-13,18,22H,11H2,1H3/t18-/m1/s1. The number of halogens is 1. The third kappa shape index (κ3) is 5.42. The summed E-state index contributed by atoms with van der Waals surface area (Å²) in [7, 11) is -3.90. The van der Waals surface area contributed by atoms with Crippen LogP contribution < -0.4 is 9.46 Å². The topological polar surface area (TPSA) is 72.5 Å². The van der Waals surface area contributed by atoms with Crippen LogP contribution >= 0.6 is 22.9 Å². The van der Waals surface area contributed by atoms with Crippen LogP contribution in [-0.4, -0.2) is 20.4 Å². The monoisotopic (exact) mass is 435 g/mol. The maximum Gasteiger partial charge on any atom is 0.330 e. The highest BCUT2D eigenvalue weighted by molar-refractivity contribution is 7.89. The molecule has 0 amide bonds. The minimum atomic E-state index is -3.90. The Hall–Kier alpha value is -2.19. The Morgan fingerprint density at radius 1 is 1.14 bits per heavy atom. The third-order valence-electron chi connectivity index (χ3n) is 3.94.